The molecule has 88 valence electrons. The predicted molar refractivity (Wildman–Crippen MR) is 64.8 cm³/mol. The summed E-state index contributed by atoms with van der Waals surface area (Å²) in [6, 6.07) is 0. The van der Waals surface area contributed by atoms with Crippen LogP contribution in [0, 0.1) is 17.8 Å². The number of hydrogen-bond donors (Lipinski definition) is 0. The van der Waals surface area contributed by atoms with Crippen LogP contribution in [-0.4, -0.2) is 5.78 Å². The summed E-state index contributed by atoms with van der Waals surface area (Å²) in [5, 5.41) is 0. The van der Waals surface area contributed by atoms with Crippen LogP contribution in [0.15, 0.2) is 0 Å². The van der Waals surface area contributed by atoms with Gasteiger partial charge in [-0.05, 0) is 38.0 Å². The third kappa shape index (κ3) is 4.36. The Morgan fingerprint density at radius 2 is 1.73 bits per heavy atom. The first-order valence-corrected chi connectivity index (χ1v) is 6.61. The van der Waals surface area contributed by atoms with Crippen LogP contribution in [0.25, 0.3) is 0 Å². The van der Waals surface area contributed by atoms with E-state index in [1.807, 2.05) is 0 Å². The molecule has 0 bridgehead atoms. The van der Waals surface area contributed by atoms with E-state index in [4.69, 9.17) is 0 Å². The predicted octanol–water partition coefficient (Wildman–Crippen LogP) is 4.21. The van der Waals surface area contributed by atoms with E-state index >= 15 is 0 Å². The Balaban J connectivity index is 2.44. The molecule has 0 amide bonds. The summed E-state index contributed by atoms with van der Waals surface area (Å²) < 4.78 is 0. The third-order valence-electron chi connectivity index (χ3n) is 3.80. The molecule has 1 aliphatic rings. The maximum absolute atomic E-state index is 11.7. The molecule has 0 aliphatic heterocycles. The zero-order valence-corrected chi connectivity index (χ0v) is 10.6. The minimum atomic E-state index is 0.368. The van der Waals surface area contributed by atoms with Gasteiger partial charge in [-0.2, -0.15) is 0 Å². The van der Waals surface area contributed by atoms with Crippen molar-refractivity contribution < 1.29 is 4.79 Å². The Kier molecular flexibility index (Phi) is 5.35. The minimum absolute atomic E-state index is 0.368. The van der Waals surface area contributed by atoms with Crippen molar-refractivity contribution in [3.05, 3.63) is 0 Å². The first-order valence-electron chi connectivity index (χ1n) is 6.61. The second-order valence-electron chi connectivity index (χ2n) is 5.59. The first-order chi connectivity index (χ1) is 7.11. The van der Waals surface area contributed by atoms with Gasteiger partial charge in [0.25, 0.3) is 0 Å². The number of carbonyl (C=O) groups excluding carboxylic acids is 1. The minimum Gasteiger partial charge on any atom is -0.300 e. The van der Waals surface area contributed by atoms with Gasteiger partial charge in [0.1, 0.15) is 5.78 Å². The fourth-order valence-corrected chi connectivity index (χ4v) is 2.82. The van der Waals surface area contributed by atoms with Crippen LogP contribution in [0.2, 0.25) is 0 Å². The lowest BCUT2D eigenvalue weighted by atomic mass is 9.76. The van der Waals surface area contributed by atoms with Gasteiger partial charge in [-0.25, -0.2) is 0 Å². The number of carbonyl (C=O) groups is 1. The van der Waals surface area contributed by atoms with Crippen LogP contribution in [0.5, 0.6) is 0 Å². The molecule has 1 aliphatic carbocycles. The number of hydrogen-bond acceptors (Lipinski definition) is 1. The molecule has 1 nitrogen and oxygen atoms in total. The maximum Gasteiger partial charge on any atom is 0.133 e. The molecule has 0 spiro atoms. The number of rotatable bonds is 5. The molecule has 1 saturated carbocycles. The molecular weight excluding hydrogens is 184 g/mol. The highest BCUT2D eigenvalue weighted by atomic mass is 16.1. The van der Waals surface area contributed by atoms with Crippen molar-refractivity contribution in [2.75, 3.05) is 0 Å². The molecule has 0 heterocycles. The van der Waals surface area contributed by atoms with Gasteiger partial charge >= 0.3 is 0 Å². The van der Waals surface area contributed by atoms with Crippen molar-refractivity contribution in [1.29, 1.82) is 0 Å². The lowest BCUT2D eigenvalue weighted by molar-refractivity contribution is -0.123. The molecule has 1 heteroatoms. The average molecular weight is 210 g/mol. The van der Waals surface area contributed by atoms with E-state index in [2.05, 4.69) is 13.8 Å². The third-order valence-corrected chi connectivity index (χ3v) is 3.80. The summed E-state index contributed by atoms with van der Waals surface area (Å²) in [6.45, 7) is 6.29. The Labute approximate surface area is 94.6 Å². The summed E-state index contributed by atoms with van der Waals surface area (Å²) in [5.74, 6) is 2.24. The van der Waals surface area contributed by atoms with Gasteiger partial charge in [-0.15, -0.1) is 0 Å². The van der Waals surface area contributed by atoms with Crippen molar-refractivity contribution in [2.24, 2.45) is 17.8 Å². The SMILES string of the molecule is CC(=O)[C@@H](CCC(C)C)C1CCCCC1. The van der Waals surface area contributed by atoms with Crippen molar-refractivity contribution in [3.63, 3.8) is 0 Å². The molecule has 1 rings (SSSR count). The summed E-state index contributed by atoms with van der Waals surface area (Å²) in [5.41, 5.74) is 0. The molecule has 0 unspecified atom stereocenters. The highest BCUT2D eigenvalue weighted by Crippen LogP contribution is 2.33. The smallest absolute Gasteiger partial charge is 0.133 e. The fourth-order valence-electron chi connectivity index (χ4n) is 2.82. The monoisotopic (exact) mass is 210 g/mol. The van der Waals surface area contributed by atoms with Crippen LogP contribution < -0.4 is 0 Å². The number of Topliss-reactive ketones (excluding diaryl/α,β-unsaturated/α-hetero) is 1. The van der Waals surface area contributed by atoms with E-state index in [1.54, 1.807) is 6.92 Å². The lowest BCUT2D eigenvalue weighted by Crippen LogP contribution is -2.24. The van der Waals surface area contributed by atoms with E-state index in [-0.39, 0.29) is 0 Å². The summed E-state index contributed by atoms with van der Waals surface area (Å²) in [7, 11) is 0. The van der Waals surface area contributed by atoms with Gasteiger partial charge in [0, 0.05) is 5.92 Å². The quantitative estimate of drug-likeness (QED) is 0.664. The van der Waals surface area contributed by atoms with E-state index < -0.39 is 0 Å². The second kappa shape index (κ2) is 6.30. The topological polar surface area (TPSA) is 17.1 Å². The summed E-state index contributed by atoms with van der Waals surface area (Å²) in [4.78, 5) is 11.7. The van der Waals surface area contributed by atoms with Gasteiger partial charge in [-0.3, -0.25) is 4.79 Å². The van der Waals surface area contributed by atoms with Crippen LogP contribution in [0.3, 0.4) is 0 Å². The Bertz CT molecular complexity index is 190. The largest absolute Gasteiger partial charge is 0.300 e. The molecule has 0 aromatic heterocycles. The van der Waals surface area contributed by atoms with Crippen molar-refractivity contribution >= 4 is 5.78 Å². The van der Waals surface area contributed by atoms with Gasteiger partial charge in [0.05, 0.1) is 0 Å². The Morgan fingerprint density at radius 1 is 1.13 bits per heavy atom. The van der Waals surface area contributed by atoms with Crippen LogP contribution in [0.4, 0.5) is 0 Å². The van der Waals surface area contributed by atoms with E-state index in [1.165, 1.54) is 38.5 Å². The Hall–Kier alpha value is -0.330. The highest BCUT2D eigenvalue weighted by molar-refractivity contribution is 5.78. The Morgan fingerprint density at radius 3 is 2.20 bits per heavy atom. The molecule has 0 N–H and O–H groups in total. The fraction of sp³-hybridized carbons (Fsp3) is 0.929. The van der Waals surface area contributed by atoms with Gasteiger partial charge < -0.3 is 0 Å². The molecule has 0 aromatic carbocycles. The molecule has 1 atom stereocenters. The van der Waals surface area contributed by atoms with Crippen LogP contribution in [0.1, 0.15) is 65.7 Å². The summed E-state index contributed by atoms with van der Waals surface area (Å²) in [6.07, 6.45) is 8.99. The maximum atomic E-state index is 11.7. The normalized spacial score (nSPS) is 20.5. The van der Waals surface area contributed by atoms with Gasteiger partial charge in [0.2, 0.25) is 0 Å². The lowest BCUT2D eigenvalue weighted by Gasteiger charge is -2.29. The molecule has 1 fully saturated rings. The van der Waals surface area contributed by atoms with Crippen LogP contribution in [-0.2, 0) is 4.79 Å². The molecular formula is C14H26O. The standard InChI is InChI=1S/C14H26O/c1-11(2)9-10-14(12(3)15)13-7-5-4-6-8-13/h11,13-14H,4-10H2,1-3H3/t14-/m1/s1. The molecule has 15 heavy (non-hydrogen) atoms. The van der Waals surface area contributed by atoms with Crippen molar-refractivity contribution in [2.45, 2.75) is 65.7 Å². The molecule has 0 aromatic rings. The van der Waals surface area contributed by atoms with E-state index in [9.17, 15) is 4.79 Å². The number of ketones is 1. The summed E-state index contributed by atoms with van der Waals surface area (Å²) >= 11 is 0. The van der Waals surface area contributed by atoms with Gasteiger partial charge in [-0.1, -0.05) is 39.5 Å². The zero-order valence-electron chi connectivity index (χ0n) is 10.6. The van der Waals surface area contributed by atoms with E-state index in [0.717, 1.165) is 12.3 Å². The average Bonchev–Trinajstić information content (AvgIpc) is 2.18. The molecule has 0 saturated heterocycles. The first kappa shape index (κ1) is 12.7. The van der Waals surface area contributed by atoms with Crippen LogP contribution >= 0.6 is 0 Å². The van der Waals surface area contributed by atoms with E-state index in [0.29, 0.717) is 17.6 Å². The van der Waals surface area contributed by atoms with Crippen molar-refractivity contribution in [3.8, 4) is 0 Å². The van der Waals surface area contributed by atoms with Gasteiger partial charge in [0.15, 0.2) is 0 Å². The zero-order chi connectivity index (χ0) is 11.3. The highest BCUT2D eigenvalue weighted by Gasteiger charge is 2.26. The second-order valence-corrected chi connectivity index (χ2v) is 5.59. The van der Waals surface area contributed by atoms with Crippen molar-refractivity contribution in [1.82, 2.24) is 0 Å². The molecule has 0 radical (unpaired) electrons.